The molecule has 1 aliphatic carbocycles. The molecule has 0 saturated carbocycles. The van der Waals surface area contributed by atoms with Gasteiger partial charge in [0.2, 0.25) is 5.91 Å². The minimum absolute atomic E-state index is 0.0802. The van der Waals surface area contributed by atoms with E-state index in [1.165, 1.54) is 0 Å². The first kappa shape index (κ1) is 25.2. The minimum atomic E-state index is -1.39. The van der Waals surface area contributed by atoms with Gasteiger partial charge in [0.05, 0.1) is 6.61 Å². The molecule has 8 nitrogen and oxygen atoms in total. The zero-order chi connectivity index (χ0) is 24.9. The fraction of sp³-hybridized carbons (Fsp3) is 0.423. The van der Waals surface area contributed by atoms with E-state index in [0.717, 1.165) is 22.3 Å². The molecule has 0 heterocycles. The summed E-state index contributed by atoms with van der Waals surface area (Å²) in [5.74, 6) is -1.98. The zero-order valence-electron chi connectivity index (χ0n) is 19.7. The van der Waals surface area contributed by atoms with E-state index in [2.05, 4.69) is 22.8 Å². The Bertz CT molecular complexity index is 1000. The number of alkyl carbamates (subject to hydrolysis) is 1. The van der Waals surface area contributed by atoms with Gasteiger partial charge in [-0.2, -0.15) is 0 Å². The van der Waals surface area contributed by atoms with Crippen molar-refractivity contribution in [2.24, 2.45) is 5.41 Å². The maximum atomic E-state index is 12.7. The third-order valence-electron chi connectivity index (χ3n) is 5.77. The molecule has 182 valence electrons. The molecule has 2 unspecified atom stereocenters. The first-order valence-corrected chi connectivity index (χ1v) is 11.3. The lowest BCUT2D eigenvalue weighted by atomic mass is 9.87. The molecular weight excluding hydrogens is 436 g/mol. The Morgan fingerprint density at radius 3 is 2.03 bits per heavy atom. The molecule has 2 aromatic carbocycles. The number of aliphatic hydroxyl groups excluding tert-OH is 1. The highest BCUT2D eigenvalue weighted by molar-refractivity contribution is 5.84. The maximum absolute atomic E-state index is 12.7. The van der Waals surface area contributed by atoms with Gasteiger partial charge in [0.1, 0.15) is 12.6 Å². The Morgan fingerprint density at radius 1 is 0.971 bits per heavy atom. The van der Waals surface area contributed by atoms with Crippen LogP contribution in [0.15, 0.2) is 48.5 Å². The highest BCUT2D eigenvalue weighted by atomic mass is 16.5. The Kier molecular flexibility index (Phi) is 7.94. The fourth-order valence-corrected chi connectivity index (χ4v) is 4.38. The summed E-state index contributed by atoms with van der Waals surface area (Å²) >= 11 is 0. The van der Waals surface area contributed by atoms with Gasteiger partial charge in [0.15, 0.2) is 0 Å². The number of rotatable bonds is 9. The molecule has 0 spiro atoms. The second kappa shape index (κ2) is 10.7. The smallest absolute Gasteiger partial charge is 0.407 e. The van der Waals surface area contributed by atoms with E-state index in [0.29, 0.717) is 6.42 Å². The van der Waals surface area contributed by atoms with E-state index in [1.807, 2.05) is 57.2 Å². The SMILES string of the molecule is CC(C)(C)CC(CC(=O)NC(CO)C(=O)O)NC(=O)OCC1c2ccccc2-c2ccccc21. The van der Waals surface area contributed by atoms with E-state index < -0.39 is 36.7 Å². The molecule has 34 heavy (non-hydrogen) atoms. The number of amides is 2. The highest BCUT2D eigenvalue weighted by Crippen LogP contribution is 2.44. The number of aliphatic hydroxyl groups is 1. The van der Waals surface area contributed by atoms with Gasteiger partial charge in [-0.05, 0) is 34.1 Å². The predicted octanol–water partition coefficient (Wildman–Crippen LogP) is 3.28. The molecule has 3 rings (SSSR count). The topological polar surface area (TPSA) is 125 Å². The largest absolute Gasteiger partial charge is 0.480 e. The van der Waals surface area contributed by atoms with Crippen LogP contribution in [0.25, 0.3) is 11.1 Å². The van der Waals surface area contributed by atoms with Crippen molar-refractivity contribution < 1.29 is 29.3 Å². The summed E-state index contributed by atoms with van der Waals surface area (Å²) in [6.45, 7) is 5.37. The summed E-state index contributed by atoms with van der Waals surface area (Å²) in [5, 5.41) is 23.2. The number of carbonyl (C=O) groups excluding carboxylic acids is 2. The fourth-order valence-electron chi connectivity index (χ4n) is 4.38. The molecule has 2 atom stereocenters. The molecule has 2 amide bonds. The van der Waals surface area contributed by atoms with Crippen LogP contribution in [-0.4, -0.2) is 53.5 Å². The number of hydrogen-bond donors (Lipinski definition) is 4. The highest BCUT2D eigenvalue weighted by Gasteiger charge is 2.30. The molecule has 2 aromatic rings. The van der Waals surface area contributed by atoms with Crippen molar-refractivity contribution in [3.05, 3.63) is 59.7 Å². The number of hydrogen-bond acceptors (Lipinski definition) is 5. The molecular formula is C26H32N2O6. The molecule has 0 aliphatic heterocycles. The van der Waals surface area contributed by atoms with Crippen LogP contribution in [0, 0.1) is 5.41 Å². The van der Waals surface area contributed by atoms with Crippen molar-refractivity contribution in [3.63, 3.8) is 0 Å². The molecule has 0 fully saturated rings. The second-order valence-corrected chi connectivity index (χ2v) is 9.78. The lowest BCUT2D eigenvalue weighted by Gasteiger charge is -2.27. The van der Waals surface area contributed by atoms with Gasteiger partial charge >= 0.3 is 12.1 Å². The summed E-state index contributed by atoms with van der Waals surface area (Å²) in [6.07, 6.45) is -0.298. The number of ether oxygens (including phenoxy) is 1. The van der Waals surface area contributed by atoms with E-state index in [-0.39, 0.29) is 24.4 Å². The Hall–Kier alpha value is -3.39. The third-order valence-corrected chi connectivity index (χ3v) is 5.77. The average molecular weight is 469 g/mol. The number of carbonyl (C=O) groups is 3. The predicted molar refractivity (Wildman–Crippen MR) is 127 cm³/mol. The first-order valence-electron chi connectivity index (χ1n) is 11.3. The van der Waals surface area contributed by atoms with Gasteiger partial charge in [-0.15, -0.1) is 0 Å². The molecule has 1 aliphatic rings. The van der Waals surface area contributed by atoms with Crippen LogP contribution in [0.2, 0.25) is 0 Å². The van der Waals surface area contributed by atoms with Crippen LogP contribution in [0.3, 0.4) is 0 Å². The lowest BCUT2D eigenvalue weighted by molar-refractivity contribution is -0.143. The van der Waals surface area contributed by atoms with E-state index in [1.54, 1.807) is 0 Å². The van der Waals surface area contributed by atoms with E-state index in [9.17, 15) is 14.4 Å². The molecule has 0 bridgehead atoms. The van der Waals surface area contributed by atoms with Gasteiger partial charge in [0.25, 0.3) is 0 Å². The first-order chi connectivity index (χ1) is 16.1. The van der Waals surface area contributed by atoms with Gasteiger partial charge < -0.3 is 25.6 Å². The van der Waals surface area contributed by atoms with Crippen molar-refractivity contribution in [2.75, 3.05) is 13.2 Å². The third kappa shape index (κ3) is 6.35. The van der Waals surface area contributed by atoms with Gasteiger partial charge in [-0.25, -0.2) is 9.59 Å². The van der Waals surface area contributed by atoms with Gasteiger partial charge in [-0.1, -0.05) is 69.3 Å². The Balaban J connectivity index is 1.64. The number of nitrogens with one attached hydrogen (secondary N) is 2. The number of aliphatic carboxylic acids is 1. The van der Waals surface area contributed by atoms with Crippen molar-refractivity contribution in [2.45, 2.75) is 51.6 Å². The second-order valence-electron chi connectivity index (χ2n) is 9.78. The normalized spacial score (nSPS) is 14.5. The van der Waals surface area contributed by atoms with E-state index in [4.69, 9.17) is 14.9 Å². The molecule has 0 aromatic heterocycles. The summed E-state index contributed by atoms with van der Waals surface area (Å²) in [4.78, 5) is 36.1. The van der Waals surface area contributed by atoms with Crippen LogP contribution < -0.4 is 10.6 Å². The van der Waals surface area contributed by atoms with Gasteiger partial charge in [0, 0.05) is 18.4 Å². The Morgan fingerprint density at radius 2 is 1.53 bits per heavy atom. The van der Waals surface area contributed by atoms with Gasteiger partial charge in [-0.3, -0.25) is 4.79 Å². The average Bonchev–Trinajstić information content (AvgIpc) is 3.08. The van der Waals surface area contributed by atoms with Crippen molar-refractivity contribution in [3.8, 4) is 11.1 Å². The Labute approximate surface area is 199 Å². The maximum Gasteiger partial charge on any atom is 0.407 e. The standard InChI is InChI=1S/C26H32N2O6/c1-26(2,3)13-16(12-23(30)28-22(14-29)24(31)32)27-25(33)34-15-21-19-10-6-4-8-17(19)18-9-5-7-11-20(18)21/h4-11,16,21-22,29H,12-15H2,1-3H3,(H,27,33)(H,28,30)(H,31,32). The van der Waals surface area contributed by atoms with Crippen molar-refractivity contribution >= 4 is 18.0 Å². The number of fused-ring (bicyclic) bond motifs is 3. The number of benzene rings is 2. The van der Waals surface area contributed by atoms with Crippen molar-refractivity contribution in [1.82, 2.24) is 10.6 Å². The minimum Gasteiger partial charge on any atom is -0.480 e. The quantitative estimate of drug-likeness (QED) is 0.448. The van der Waals surface area contributed by atoms with Crippen LogP contribution in [0.5, 0.6) is 0 Å². The summed E-state index contributed by atoms with van der Waals surface area (Å²) in [5.41, 5.74) is 4.26. The molecule has 4 N–H and O–H groups in total. The molecule has 8 heteroatoms. The van der Waals surface area contributed by atoms with Crippen LogP contribution in [0.1, 0.15) is 50.7 Å². The number of carboxylic acid groups (broad SMARTS) is 1. The molecule has 0 radical (unpaired) electrons. The summed E-state index contributed by atoms with van der Waals surface area (Å²) in [7, 11) is 0. The zero-order valence-corrected chi connectivity index (χ0v) is 19.7. The van der Waals surface area contributed by atoms with E-state index >= 15 is 0 Å². The monoisotopic (exact) mass is 468 g/mol. The summed E-state index contributed by atoms with van der Waals surface area (Å²) in [6, 6.07) is 14.1. The number of carboxylic acids is 1. The lowest BCUT2D eigenvalue weighted by Crippen LogP contribution is -2.47. The molecule has 0 saturated heterocycles. The summed E-state index contributed by atoms with van der Waals surface area (Å²) < 4.78 is 5.59. The van der Waals surface area contributed by atoms with Crippen molar-refractivity contribution in [1.29, 1.82) is 0 Å². The van der Waals surface area contributed by atoms with Crippen LogP contribution in [0.4, 0.5) is 4.79 Å². The van der Waals surface area contributed by atoms with Crippen LogP contribution in [-0.2, 0) is 14.3 Å². The van der Waals surface area contributed by atoms with Crippen LogP contribution >= 0.6 is 0 Å².